The van der Waals surface area contributed by atoms with Crippen molar-refractivity contribution in [1.29, 1.82) is 0 Å². The van der Waals surface area contributed by atoms with Crippen molar-refractivity contribution in [3.63, 3.8) is 0 Å². The van der Waals surface area contributed by atoms with E-state index >= 15 is 0 Å². The fourth-order valence-electron chi connectivity index (χ4n) is 1.71. The molecule has 0 spiro atoms. The third-order valence-corrected chi connectivity index (χ3v) is 2.41. The van der Waals surface area contributed by atoms with Crippen LogP contribution in [0.25, 0.3) is 22.2 Å². The molecule has 0 aliphatic rings. The Labute approximate surface area is 89.1 Å². The second-order valence-electron chi connectivity index (χ2n) is 3.39. The highest BCUT2D eigenvalue weighted by molar-refractivity contribution is 5.93. The van der Waals surface area contributed by atoms with Crippen LogP contribution in [-0.4, -0.2) is 15.2 Å². The number of anilines is 1. The standard InChI is InChI=1S/C10H8N4O2/c11-9-6(4-12-14-9)5-2-1-3-7-8(5)13-10(15)16-7/h1-4H,(H,13,15)(H3,11,12,14). The number of nitrogens with one attached hydrogen (secondary N) is 2. The molecule has 0 bridgehead atoms. The Morgan fingerprint density at radius 2 is 2.19 bits per heavy atom. The van der Waals surface area contributed by atoms with Crippen LogP contribution in [-0.2, 0) is 0 Å². The Morgan fingerprint density at radius 1 is 1.31 bits per heavy atom. The molecule has 3 rings (SSSR count). The van der Waals surface area contributed by atoms with Crippen LogP contribution in [0.1, 0.15) is 0 Å². The highest BCUT2D eigenvalue weighted by Crippen LogP contribution is 2.29. The van der Waals surface area contributed by atoms with Crippen molar-refractivity contribution < 1.29 is 4.42 Å². The van der Waals surface area contributed by atoms with E-state index in [4.69, 9.17) is 10.2 Å². The van der Waals surface area contributed by atoms with E-state index in [1.165, 1.54) is 0 Å². The smallest absolute Gasteiger partial charge is 0.408 e. The molecule has 2 aromatic heterocycles. The van der Waals surface area contributed by atoms with E-state index in [0.29, 0.717) is 16.9 Å². The predicted molar refractivity (Wildman–Crippen MR) is 58.8 cm³/mol. The summed E-state index contributed by atoms with van der Waals surface area (Å²) in [6.07, 6.45) is 1.61. The Morgan fingerprint density at radius 3 is 2.94 bits per heavy atom. The first kappa shape index (κ1) is 8.78. The number of oxazole rings is 1. The minimum atomic E-state index is -0.482. The van der Waals surface area contributed by atoms with E-state index in [1.54, 1.807) is 18.3 Å². The summed E-state index contributed by atoms with van der Waals surface area (Å²) in [6, 6.07) is 5.35. The van der Waals surface area contributed by atoms with Crippen LogP contribution in [0, 0.1) is 0 Å². The normalized spacial score (nSPS) is 11.0. The highest BCUT2D eigenvalue weighted by Gasteiger charge is 2.11. The van der Waals surface area contributed by atoms with Crippen molar-refractivity contribution in [3.05, 3.63) is 34.9 Å². The molecular formula is C10H8N4O2. The summed E-state index contributed by atoms with van der Waals surface area (Å²) < 4.78 is 4.96. The molecule has 0 unspecified atom stereocenters. The van der Waals surface area contributed by atoms with E-state index in [1.807, 2.05) is 6.07 Å². The fraction of sp³-hybridized carbons (Fsp3) is 0. The van der Waals surface area contributed by atoms with Gasteiger partial charge in [-0.3, -0.25) is 10.1 Å². The molecule has 6 heteroatoms. The quantitative estimate of drug-likeness (QED) is 0.566. The van der Waals surface area contributed by atoms with Crippen LogP contribution in [0.3, 0.4) is 0 Å². The molecular weight excluding hydrogens is 208 g/mol. The van der Waals surface area contributed by atoms with Crippen LogP contribution in [0.2, 0.25) is 0 Å². The van der Waals surface area contributed by atoms with Crippen molar-refractivity contribution >= 4 is 16.9 Å². The maximum Gasteiger partial charge on any atom is 0.417 e. The summed E-state index contributed by atoms with van der Waals surface area (Å²) >= 11 is 0. The number of nitrogen functional groups attached to an aromatic ring is 1. The summed E-state index contributed by atoms with van der Waals surface area (Å²) in [5, 5.41) is 6.48. The van der Waals surface area contributed by atoms with E-state index in [9.17, 15) is 4.79 Å². The largest absolute Gasteiger partial charge is 0.417 e. The Hall–Kier alpha value is -2.50. The van der Waals surface area contributed by atoms with Gasteiger partial charge < -0.3 is 10.2 Å². The molecule has 0 aliphatic carbocycles. The van der Waals surface area contributed by atoms with E-state index in [-0.39, 0.29) is 0 Å². The van der Waals surface area contributed by atoms with Gasteiger partial charge in [0.15, 0.2) is 5.58 Å². The lowest BCUT2D eigenvalue weighted by atomic mass is 10.1. The van der Waals surface area contributed by atoms with Crippen LogP contribution < -0.4 is 11.5 Å². The molecule has 0 fully saturated rings. The molecule has 6 nitrogen and oxygen atoms in total. The number of hydrogen-bond acceptors (Lipinski definition) is 4. The second kappa shape index (κ2) is 2.99. The van der Waals surface area contributed by atoms with Crippen LogP contribution >= 0.6 is 0 Å². The summed E-state index contributed by atoms with van der Waals surface area (Å²) in [6.45, 7) is 0. The van der Waals surface area contributed by atoms with Gasteiger partial charge in [0.25, 0.3) is 0 Å². The predicted octanol–water partition coefficient (Wildman–Crippen LogP) is 1.09. The third-order valence-electron chi connectivity index (χ3n) is 2.41. The molecule has 0 saturated carbocycles. The highest BCUT2D eigenvalue weighted by atomic mass is 16.4. The first-order valence-corrected chi connectivity index (χ1v) is 4.67. The van der Waals surface area contributed by atoms with Gasteiger partial charge in [-0.25, -0.2) is 4.79 Å². The van der Waals surface area contributed by atoms with Crippen molar-refractivity contribution in [3.8, 4) is 11.1 Å². The zero-order valence-electron chi connectivity index (χ0n) is 8.15. The number of nitrogens with two attached hydrogens (primary N) is 1. The first-order valence-electron chi connectivity index (χ1n) is 4.67. The van der Waals surface area contributed by atoms with E-state index in [0.717, 1.165) is 11.1 Å². The SMILES string of the molecule is Nc1[nH]ncc1-c1cccc2oc(=O)[nH]c12. The van der Waals surface area contributed by atoms with Gasteiger partial charge >= 0.3 is 5.76 Å². The summed E-state index contributed by atoms with van der Waals surface area (Å²) in [5.41, 5.74) is 8.38. The summed E-state index contributed by atoms with van der Waals surface area (Å²) in [4.78, 5) is 13.7. The first-order chi connectivity index (χ1) is 7.75. The van der Waals surface area contributed by atoms with Crippen molar-refractivity contribution in [2.75, 3.05) is 5.73 Å². The maximum atomic E-state index is 11.1. The number of H-pyrrole nitrogens is 2. The monoisotopic (exact) mass is 216 g/mol. The lowest BCUT2D eigenvalue weighted by Crippen LogP contribution is -1.94. The van der Waals surface area contributed by atoms with E-state index in [2.05, 4.69) is 15.2 Å². The van der Waals surface area contributed by atoms with Crippen molar-refractivity contribution in [1.82, 2.24) is 15.2 Å². The molecule has 0 aliphatic heterocycles. The van der Waals surface area contributed by atoms with Gasteiger partial charge in [-0.2, -0.15) is 5.10 Å². The number of benzene rings is 1. The number of hydrogen-bond donors (Lipinski definition) is 3. The van der Waals surface area contributed by atoms with Crippen LogP contribution in [0.15, 0.2) is 33.6 Å². The number of aromatic amines is 2. The molecule has 16 heavy (non-hydrogen) atoms. The van der Waals surface area contributed by atoms with Crippen LogP contribution in [0.4, 0.5) is 5.82 Å². The van der Waals surface area contributed by atoms with Crippen molar-refractivity contribution in [2.24, 2.45) is 0 Å². The Balaban J connectivity index is 2.40. The third kappa shape index (κ3) is 1.13. The zero-order valence-corrected chi connectivity index (χ0v) is 8.15. The fourth-order valence-corrected chi connectivity index (χ4v) is 1.71. The topological polar surface area (TPSA) is 101 Å². The molecule has 80 valence electrons. The maximum absolute atomic E-state index is 11.1. The molecule has 2 heterocycles. The van der Waals surface area contributed by atoms with Gasteiger partial charge in [-0.1, -0.05) is 12.1 Å². The van der Waals surface area contributed by atoms with Gasteiger partial charge in [0.05, 0.1) is 11.7 Å². The molecule has 3 aromatic rings. The van der Waals surface area contributed by atoms with Crippen LogP contribution in [0.5, 0.6) is 0 Å². The second-order valence-corrected chi connectivity index (χ2v) is 3.39. The Kier molecular flexibility index (Phi) is 1.64. The summed E-state index contributed by atoms with van der Waals surface area (Å²) in [5.74, 6) is -0.0286. The van der Waals surface area contributed by atoms with Gasteiger partial charge in [-0.15, -0.1) is 0 Å². The number of para-hydroxylation sites is 1. The molecule has 4 N–H and O–H groups in total. The minimum Gasteiger partial charge on any atom is -0.408 e. The van der Waals surface area contributed by atoms with Gasteiger partial charge in [0.1, 0.15) is 5.82 Å². The number of nitrogens with zero attached hydrogens (tertiary/aromatic N) is 1. The number of aromatic nitrogens is 3. The Bertz CT molecular complexity index is 707. The summed E-state index contributed by atoms with van der Waals surface area (Å²) in [7, 11) is 0. The van der Waals surface area contributed by atoms with Crippen molar-refractivity contribution in [2.45, 2.75) is 0 Å². The molecule has 1 aromatic carbocycles. The number of rotatable bonds is 1. The average molecular weight is 216 g/mol. The van der Waals surface area contributed by atoms with Gasteiger partial charge in [-0.05, 0) is 6.07 Å². The number of fused-ring (bicyclic) bond motifs is 1. The molecule has 0 amide bonds. The average Bonchev–Trinajstić information content (AvgIpc) is 2.82. The lowest BCUT2D eigenvalue weighted by Gasteiger charge is -1.99. The molecule has 0 radical (unpaired) electrons. The molecule has 0 atom stereocenters. The minimum absolute atomic E-state index is 0.453. The van der Waals surface area contributed by atoms with Gasteiger partial charge in [0.2, 0.25) is 0 Å². The zero-order chi connectivity index (χ0) is 11.1. The van der Waals surface area contributed by atoms with Gasteiger partial charge in [0, 0.05) is 11.1 Å². The molecule has 0 saturated heterocycles. The lowest BCUT2D eigenvalue weighted by molar-refractivity contribution is 0.555. The van der Waals surface area contributed by atoms with E-state index < -0.39 is 5.76 Å².